The summed E-state index contributed by atoms with van der Waals surface area (Å²) in [6.07, 6.45) is -4.47. The molecule has 19 heavy (non-hydrogen) atoms. The topological polar surface area (TPSA) is 64.3 Å². The number of halogens is 4. The van der Waals surface area contributed by atoms with Gasteiger partial charge in [0.1, 0.15) is 11.8 Å². The van der Waals surface area contributed by atoms with Gasteiger partial charge in [0.25, 0.3) is 0 Å². The Morgan fingerprint density at radius 3 is 2.63 bits per heavy atom. The van der Waals surface area contributed by atoms with Crippen LogP contribution in [0.4, 0.5) is 13.2 Å². The molecule has 4 nitrogen and oxygen atoms in total. The summed E-state index contributed by atoms with van der Waals surface area (Å²) in [5.41, 5.74) is 5.19. The Bertz CT molecular complexity index is 466. The first-order valence-corrected chi connectivity index (χ1v) is 5.56. The number of amides is 1. The van der Waals surface area contributed by atoms with E-state index in [-0.39, 0.29) is 16.3 Å². The van der Waals surface area contributed by atoms with Gasteiger partial charge in [-0.15, -0.1) is 0 Å². The second kappa shape index (κ2) is 6.12. The maximum atomic E-state index is 12.2. The molecule has 0 spiro atoms. The van der Waals surface area contributed by atoms with Crippen LogP contribution in [0.5, 0.6) is 5.75 Å². The first-order chi connectivity index (χ1) is 8.76. The number of nitrogens with two attached hydrogens (primary N) is 1. The highest BCUT2D eigenvalue weighted by Crippen LogP contribution is 2.32. The highest BCUT2D eigenvalue weighted by Gasteiger charge is 2.32. The van der Waals surface area contributed by atoms with Gasteiger partial charge in [-0.3, -0.25) is 10.1 Å². The highest BCUT2D eigenvalue weighted by atomic mass is 35.5. The van der Waals surface area contributed by atoms with Gasteiger partial charge in [0.15, 0.2) is 0 Å². The van der Waals surface area contributed by atoms with Crippen molar-refractivity contribution in [2.45, 2.75) is 12.2 Å². The summed E-state index contributed by atoms with van der Waals surface area (Å²) in [6.45, 7) is -1.37. The summed E-state index contributed by atoms with van der Waals surface area (Å²) in [4.78, 5) is 11.3. The molecule has 1 unspecified atom stereocenters. The molecule has 0 aromatic heterocycles. The van der Waals surface area contributed by atoms with E-state index in [0.29, 0.717) is 0 Å². The van der Waals surface area contributed by atoms with E-state index in [2.05, 4.69) is 0 Å². The molecule has 0 bridgehead atoms. The number of carbonyl (C=O) groups excluding carboxylic acids is 1. The Hall–Kier alpha value is -1.47. The van der Waals surface area contributed by atoms with Crippen molar-refractivity contribution in [3.05, 3.63) is 28.8 Å². The van der Waals surface area contributed by atoms with Crippen LogP contribution in [0.1, 0.15) is 11.6 Å². The van der Waals surface area contributed by atoms with Crippen LogP contribution in [-0.4, -0.2) is 25.7 Å². The minimum Gasteiger partial charge on any atom is -0.496 e. The Morgan fingerprint density at radius 2 is 2.16 bits per heavy atom. The molecule has 0 radical (unpaired) electrons. The van der Waals surface area contributed by atoms with Crippen molar-refractivity contribution < 1.29 is 22.7 Å². The quantitative estimate of drug-likeness (QED) is 0.874. The number of rotatable bonds is 5. The SMILES string of the molecule is COc1cccc(Cl)c1C(NCC(F)(F)F)C(N)=O. The standard InChI is InChI=1S/C11H12ClF3N2O2/c1-19-7-4-2-3-6(12)8(7)9(10(16)18)17-5-11(13,14)15/h2-4,9,17H,5H2,1H3,(H2,16,18). The third kappa shape index (κ3) is 4.29. The van der Waals surface area contributed by atoms with Crippen LogP contribution in [0.3, 0.4) is 0 Å². The van der Waals surface area contributed by atoms with E-state index in [1.54, 1.807) is 6.07 Å². The summed E-state index contributed by atoms with van der Waals surface area (Å²) in [5.74, 6) is -0.790. The summed E-state index contributed by atoms with van der Waals surface area (Å²) in [5, 5.41) is 2.12. The summed E-state index contributed by atoms with van der Waals surface area (Å²) in [6, 6.07) is 3.08. The van der Waals surface area contributed by atoms with Crippen molar-refractivity contribution in [3.63, 3.8) is 0 Å². The number of nitrogens with one attached hydrogen (secondary N) is 1. The first-order valence-electron chi connectivity index (χ1n) is 5.18. The predicted octanol–water partition coefficient (Wildman–Crippen LogP) is 2.03. The second-order valence-electron chi connectivity index (χ2n) is 3.69. The fourth-order valence-electron chi connectivity index (χ4n) is 1.54. The lowest BCUT2D eigenvalue weighted by Gasteiger charge is -2.20. The van der Waals surface area contributed by atoms with Crippen molar-refractivity contribution in [1.82, 2.24) is 5.32 Å². The summed E-state index contributed by atoms with van der Waals surface area (Å²) < 4.78 is 41.6. The van der Waals surface area contributed by atoms with Crippen LogP contribution in [0.2, 0.25) is 5.02 Å². The average Bonchev–Trinajstić information content (AvgIpc) is 2.29. The van der Waals surface area contributed by atoms with Gasteiger partial charge < -0.3 is 10.5 Å². The Morgan fingerprint density at radius 1 is 1.53 bits per heavy atom. The molecule has 1 aromatic rings. The molecule has 0 aliphatic rings. The highest BCUT2D eigenvalue weighted by molar-refractivity contribution is 6.31. The van der Waals surface area contributed by atoms with Crippen molar-refractivity contribution in [3.8, 4) is 5.75 Å². The monoisotopic (exact) mass is 296 g/mol. The van der Waals surface area contributed by atoms with E-state index in [4.69, 9.17) is 22.1 Å². The number of primary amides is 1. The lowest BCUT2D eigenvalue weighted by molar-refractivity contribution is -0.130. The number of alkyl halides is 3. The average molecular weight is 297 g/mol. The third-order valence-corrected chi connectivity index (χ3v) is 2.64. The summed E-state index contributed by atoms with van der Waals surface area (Å²) >= 11 is 5.89. The smallest absolute Gasteiger partial charge is 0.401 e. The molecule has 3 N–H and O–H groups in total. The van der Waals surface area contributed by atoms with Crippen LogP contribution in [0, 0.1) is 0 Å². The Kier molecular flexibility index (Phi) is 5.02. The molecule has 0 heterocycles. The number of methoxy groups -OCH3 is 1. The van der Waals surface area contributed by atoms with Crippen molar-refractivity contribution in [2.75, 3.05) is 13.7 Å². The van der Waals surface area contributed by atoms with Crippen LogP contribution in [-0.2, 0) is 4.79 Å². The Labute approximate surface area is 112 Å². The maximum absolute atomic E-state index is 12.2. The molecule has 0 saturated carbocycles. The number of ether oxygens (including phenoxy) is 1. The minimum absolute atomic E-state index is 0.0865. The largest absolute Gasteiger partial charge is 0.496 e. The van der Waals surface area contributed by atoms with Crippen molar-refractivity contribution in [2.24, 2.45) is 5.73 Å². The molecule has 1 rings (SSSR count). The van der Waals surface area contributed by atoms with Crippen LogP contribution < -0.4 is 15.8 Å². The number of hydrogen-bond donors (Lipinski definition) is 2. The molecular weight excluding hydrogens is 285 g/mol. The zero-order valence-electron chi connectivity index (χ0n) is 9.92. The molecule has 0 saturated heterocycles. The van der Waals surface area contributed by atoms with Gasteiger partial charge in [0, 0.05) is 10.6 Å². The number of hydrogen-bond acceptors (Lipinski definition) is 3. The molecule has 1 aromatic carbocycles. The number of benzene rings is 1. The van der Waals surface area contributed by atoms with Gasteiger partial charge in [0.05, 0.1) is 13.7 Å². The van der Waals surface area contributed by atoms with Crippen LogP contribution in [0.15, 0.2) is 18.2 Å². The van der Waals surface area contributed by atoms with E-state index in [1.165, 1.54) is 19.2 Å². The third-order valence-electron chi connectivity index (χ3n) is 2.31. The zero-order chi connectivity index (χ0) is 14.6. The van der Waals surface area contributed by atoms with E-state index < -0.39 is 24.7 Å². The fraction of sp³-hybridized carbons (Fsp3) is 0.364. The maximum Gasteiger partial charge on any atom is 0.401 e. The van der Waals surface area contributed by atoms with Gasteiger partial charge in [-0.1, -0.05) is 17.7 Å². The second-order valence-corrected chi connectivity index (χ2v) is 4.09. The lowest BCUT2D eigenvalue weighted by Crippen LogP contribution is -2.39. The summed E-state index contributed by atoms with van der Waals surface area (Å²) in [7, 11) is 1.32. The number of carbonyl (C=O) groups is 1. The molecule has 1 amide bonds. The van der Waals surface area contributed by atoms with E-state index in [9.17, 15) is 18.0 Å². The Balaban J connectivity index is 3.09. The molecular formula is C11H12ClF3N2O2. The molecule has 106 valence electrons. The van der Waals surface area contributed by atoms with Crippen LogP contribution >= 0.6 is 11.6 Å². The predicted molar refractivity (Wildman–Crippen MR) is 64.0 cm³/mol. The van der Waals surface area contributed by atoms with Crippen molar-refractivity contribution >= 4 is 17.5 Å². The zero-order valence-corrected chi connectivity index (χ0v) is 10.7. The fourth-order valence-corrected chi connectivity index (χ4v) is 1.81. The van der Waals surface area contributed by atoms with Gasteiger partial charge >= 0.3 is 6.18 Å². The van der Waals surface area contributed by atoms with Crippen molar-refractivity contribution in [1.29, 1.82) is 0 Å². The van der Waals surface area contributed by atoms with Gasteiger partial charge in [0.2, 0.25) is 5.91 Å². The lowest BCUT2D eigenvalue weighted by atomic mass is 10.0. The molecule has 0 aliphatic heterocycles. The molecule has 0 aliphatic carbocycles. The van der Waals surface area contributed by atoms with Gasteiger partial charge in [-0.05, 0) is 12.1 Å². The van der Waals surface area contributed by atoms with E-state index in [1.807, 2.05) is 5.32 Å². The normalized spacial score (nSPS) is 13.1. The molecule has 0 fully saturated rings. The van der Waals surface area contributed by atoms with E-state index in [0.717, 1.165) is 0 Å². The minimum atomic E-state index is -4.47. The first kappa shape index (κ1) is 15.6. The van der Waals surface area contributed by atoms with Crippen LogP contribution in [0.25, 0.3) is 0 Å². The van der Waals surface area contributed by atoms with Gasteiger partial charge in [-0.2, -0.15) is 13.2 Å². The molecule has 1 atom stereocenters. The van der Waals surface area contributed by atoms with E-state index >= 15 is 0 Å². The van der Waals surface area contributed by atoms with Gasteiger partial charge in [-0.25, -0.2) is 0 Å². The molecule has 8 heteroatoms.